The smallest absolute Gasteiger partial charge is 0.390 e. The molecule has 0 aliphatic carbocycles. The van der Waals surface area contributed by atoms with E-state index in [0.717, 1.165) is 11.8 Å². The molecule has 0 aliphatic rings. The van der Waals surface area contributed by atoms with Gasteiger partial charge in [0.2, 0.25) is 0 Å². The van der Waals surface area contributed by atoms with Crippen molar-refractivity contribution in [1.29, 1.82) is 0 Å². The van der Waals surface area contributed by atoms with Crippen molar-refractivity contribution in [1.82, 2.24) is 9.55 Å². The molecule has 0 saturated carbocycles. The molecule has 2 aromatic rings. The Bertz CT molecular complexity index is 672. The molecule has 0 saturated heterocycles. The van der Waals surface area contributed by atoms with Crippen molar-refractivity contribution in [3.8, 4) is 0 Å². The molecule has 0 spiro atoms. The summed E-state index contributed by atoms with van der Waals surface area (Å²) < 4.78 is 6.70. The van der Waals surface area contributed by atoms with Gasteiger partial charge in [-0.3, -0.25) is 0 Å². The fourth-order valence-corrected chi connectivity index (χ4v) is 2.04. The zero-order chi connectivity index (χ0) is 18.7. The zero-order valence-corrected chi connectivity index (χ0v) is 14.3. The minimum Gasteiger partial charge on any atom is -0.390 e. The van der Waals surface area contributed by atoms with Crippen LogP contribution in [0.3, 0.4) is 0 Å². The van der Waals surface area contributed by atoms with E-state index in [0.29, 0.717) is 26.1 Å². The molecular weight excluding hydrogens is 328 g/mol. The highest BCUT2D eigenvalue weighted by Gasteiger charge is 2.22. The van der Waals surface area contributed by atoms with Crippen molar-refractivity contribution in [2.45, 2.75) is 39.8 Å². The van der Waals surface area contributed by atoms with Gasteiger partial charge < -0.3 is 25.0 Å². The Morgan fingerprint density at radius 2 is 1.76 bits per heavy atom. The highest BCUT2D eigenvalue weighted by atomic mass is 16.6. The molecule has 1 aromatic heterocycles. The Labute approximate surface area is 145 Å². The number of imidazole rings is 1. The van der Waals surface area contributed by atoms with Gasteiger partial charge in [0.25, 0.3) is 0 Å². The minimum atomic E-state index is -0.744. The second-order valence-corrected chi connectivity index (χ2v) is 4.85. The minimum absolute atomic E-state index is 0.284. The number of ether oxygens (including phenoxy) is 1. The van der Waals surface area contributed by atoms with Crippen molar-refractivity contribution in [3.05, 3.63) is 62.3 Å². The molecule has 0 fully saturated rings. The Balaban J connectivity index is 0.00000151. The predicted octanol–water partition coefficient (Wildman–Crippen LogP) is 3.72. The number of nitrogens with zero attached hydrogens (tertiary/aromatic N) is 4. The van der Waals surface area contributed by atoms with Crippen molar-refractivity contribution in [3.63, 3.8) is 0 Å². The number of aromatic nitrogens is 2. The first kappa shape index (κ1) is 20.2. The van der Waals surface area contributed by atoms with Gasteiger partial charge >= 0.3 is 11.8 Å². The van der Waals surface area contributed by atoms with Crippen LogP contribution in [0.5, 0.6) is 0 Å². The normalized spacial score (nSPS) is 10.0. The highest BCUT2D eigenvalue weighted by molar-refractivity contribution is 5.24. The van der Waals surface area contributed by atoms with E-state index >= 15 is 0 Å². The fourth-order valence-electron chi connectivity index (χ4n) is 2.04. The van der Waals surface area contributed by atoms with E-state index in [-0.39, 0.29) is 6.54 Å². The topological polar surface area (TPSA) is 113 Å². The van der Waals surface area contributed by atoms with Gasteiger partial charge in [0.15, 0.2) is 6.20 Å². The molecule has 136 valence electrons. The van der Waals surface area contributed by atoms with Crippen LogP contribution in [0.4, 0.5) is 11.8 Å². The Morgan fingerprint density at radius 3 is 2.36 bits per heavy atom. The van der Waals surface area contributed by atoms with Crippen LogP contribution in [0.25, 0.3) is 0 Å². The van der Waals surface area contributed by atoms with Crippen LogP contribution < -0.4 is 0 Å². The van der Waals surface area contributed by atoms with Gasteiger partial charge in [0.05, 0.1) is 13.2 Å². The summed E-state index contributed by atoms with van der Waals surface area (Å²) >= 11 is 0. The van der Waals surface area contributed by atoms with E-state index < -0.39 is 21.6 Å². The molecule has 0 amide bonds. The van der Waals surface area contributed by atoms with Crippen molar-refractivity contribution < 1.29 is 14.6 Å². The van der Waals surface area contributed by atoms with Crippen LogP contribution >= 0.6 is 0 Å². The summed E-state index contributed by atoms with van der Waals surface area (Å²) in [5.41, 5.74) is 1.08. The lowest BCUT2D eigenvalue weighted by Crippen LogP contribution is -2.04. The number of aryl methyl sites for hydroxylation is 1. The highest BCUT2D eigenvalue weighted by Crippen LogP contribution is 2.18. The summed E-state index contributed by atoms with van der Waals surface area (Å²) in [6, 6.07) is 9.73. The summed E-state index contributed by atoms with van der Waals surface area (Å²) in [6.07, 6.45) is 2.38. The molecule has 9 nitrogen and oxygen atoms in total. The van der Waals surface area contributed by atoms with Gasteiger partial charge in [0, 0.05) is 6.61 Å². The number of benzene rings is 1. The predicted molar refractivity (Wildman–Crippen MR) is 92.2 cm³/mol. The summed E-state index contributed by atoms with van der Waals surface area (Å²) in [4.78, 5) is 23.4. The zero-order valence-electron chi connectivity index (χ0n) is 14.3. The van der Waals surface area contributed by atoms with Gasteiger partial charge in [0.1, 0.15) is 0 Å². The molecule has 2 rings (SSSR count). The number of hydrogen-bond donors (Lipinski definition) is 0. The Morgan fingerprint density at radius 1 is 1.08 bits per heavy atom. The average molecular weight is 350 g/mol. The summed E-state index contributed by atoms with van der Waals surface area (Å²) in [6.45, 7) is 5.31. The molecule has 0 atom stereocenters. The van der Waals surface area contributed by atoms with Gasteiger partial charge in [-0.25, -0.2) is 4.57 Å². The van der Waals surface area contributed by atoms with E-state index in [1.807, 2.05) is 44.2 Å². The third-order valence-corrected chi connectivity index (χ3v) is 3.14. The molecule has 0 aliphatic heterocycles. The van der Waals surface area contributed by atoms with Crippen LogP contribution in [0.1, 0.15) is 32.3 Å². The van der Waals surface area contributed by atoms with Crippen molar-refractivity contribution in [2.75, 3.05) is 6.61 Å². The summed E-state index contributed by atoms with van der Waals surface area (Å²) in [5.74, 6) is -1.03. The second kappa shape index (κ2) is 10.9. The Kier molecular flexibility index (Phi) is 8.80. The maximum absolute atomic E-state index is 10.8. The molecule has 0 radical (unpaired) electrons. The summed E-state index contributed by atoms with van der Waals surface area (Å²) in [5, 5.41) is 21.5. The lowest BCUT2D eigenvalue weighted by molar-refractivity contribution is -0.403. The summed E-state index contributed by atoms with van der Waals surface area (Å²) in [7, 11) is 0. The van der Waals surface area contributed by atoms with E-state index in [9.17, 15) is 20.2 Å². The van der Waals surface area contributed by atoms with E-state index in [4.69, 9.17) is 4.74 Å². The largest absolute Gasteiger partial charge is 0.438 e. The molecule has 9 heteroatoms. The lowest BCUT2D eigenvalue weighted by atomic mass is 10.2. The lowest BCUT2D eigenvalue weighted by Gasteiger charge is -2.04. The molecule has 0 unspecified atom stereocenters. The number of hydrogen-bond acceptors (Lipinski definition) is 6. The standard InChI is InChI=1S/C14H16N4O5.C2H6/c19-17(20)13-10-16(14(15-13)18(21)22)8-4-5-9-23-11-12-6-2-1-3-7-12;1-2/h1-3,6-7,10H,4-5,8-9,11H2;1-2H3. The van der Waals surface area contributed by atoms with Gasteiger partial charge in [-0.05, 0) is 33.2 Å². The number of rotatable bonds is 9. The average Bonchev–Trinajstić information content (AvgIpc) is 3.05. The first-order chi connectivity index (χ1) is 12.1. The van der Waals surface area contributed by atoms with Crippen LogP contribution in [0.15, 0.2) is 36.5 Å². The van der Waals surface area contributed by atoms with Crippen LogP contribution in [0.2, 0.25) is 0 Å². The Hall–Kier alpha value is -2.81. The third kappa shape index (κ3) is 6.68. The number of nitro groups is 2. The van der Waals surface area contributed by atoms with Gasteiger partial charge in [-0.1, -0.05) is 44.2 Å². The molecule has 0 bridgehead atoms. The van der Waals surface area contributed by atoms with Crippen molar-refractivity contribution in [2.24, 2.45) is 0 Å². The van der Waals surface area contributed by atoms with Crippen molar-refractivity contribution >= 4 is 11.8 Å². The SMILES string of the molecule is CC.O=[N+]([O-])c1cn(CCCCOCc2ccccc2)c([N+](=O)[O-])n1. The second-order valence-electron chi connectivity index (χ2n) is 4.85. The fraction of sp³-hybridized carbons (Fsp3) is 0.438. The molecular formula is C16H22N4O5. The monoisotopic (exact) mass is 350 g/mol. The molecule has 25 heavy (non-hydrogen) atoms. The molecule has 0 N–H and O–H groups in total. The van der Waals surface area contributed by atoms with Crippen LogP contribution in [-0.4, -0.2) is 26.0 Å². The number of unbranched alkanes of at least 4 members (excludes halogenated alkanes) is 1. The van der Waals surface area contributed by atoms with Crippen LogP contribution in [-0.2, 0) is 17.9 Å². The third-order valence-electron chi connectivity index (χ3n) is 3.14. The van der Waals surface area contributed by atoms with E-state index in [1.165, 1.54) is 4.57 Å². The first-order valence-electron chi connectivity index (χ1n) is 8.05. The molecule has 1 heterocycles. The van der Waals surface area contributed by atoms with Crippen LogP contribution in [0, 0.1) is 20.2 Å². The molecule has 1 aromatic carbocycles. The first-order valence-corrected chi connectivity index (χ1v) is 8.05. The maximum atomic E-state index is 10.8. The van der Waals surface area contributed by atoms with E-state index in [2.05, 4.69) is 4.98 Å². The maximum Gasteiger partial charge on any atom is 0.438 e. The van der Waals surface area contributed by atoms with Gasteiger partial charge in [-0.15, -0.1) is 0 Å². The quantitative estimate of drug-likeness (QED) is 0.387. The van der Waals surface area contributed by atoms with Gasteiger partial charge in [-0.2, -0.15) is 0 Å². The van der Waals surface area contributed by atoms with E-state index in [1.54, 1.807) is 0 Å².